The zero-order chi connectivity index (χ0) is 23.6. The Kier molecular flexibility index (Phi) is 6.24. The molecule has 0 spiro atoms. The molecule has 0 atom stereocenters. The van der Waals surface area contributed by atoms with Crippen molar-refractivity contribution in [2.45, 2.75) is 26.9 Å². The van der Waals surface area contributed by atoms with Gasteiger partial charge in [-0.3, -0.25) is 14.5 Å². The van der Waals surface area contributed by atoms with Gasteiger partial charge in [0.25, 0.3) is 5.91 Å². The van der Waals surface area contributed by atoms with Crippen molar-refractivity contribution in [1.82, 2.24) is 14.5 Å². The van der Waals surface area contributed by atoms with Gasteiger partial charge in [-0.25, -0.2) is 4.98 Å². The second-order valence-corrected chi connectivity index (χ2v) is 7.27. The normalized spacial score (nSPS) is 10.7. The van der Waals surface area contributed by atoms with Gasteiger partial charge in [0.2, 0.25) is 5.91 Å². The molecule has 0 bridgehead atoms. The molecule has 3 rings (SSSR count). The maximum Gasteiger partial charge on any atom is 0.281 e. The van der Waals surface area contributed by atoms with Crippen LogP contribution >= 0.6 is 0 Å². The van der Waals surface area contributed by atoms with E-state index in [-0.39, 0.29) is 47.6 Å². The molecule has 10 heteroatoms. The van der Waals surface area contributed by atoms with Gasteiger partial charge in [0.05, 0.1) is 12.9 Å². The minimum Gasteiger partial charge on any atom is -0.504 e. The molecule has 0 aliphatic rings. The van der Waals surface area contributed by atoms with Gasteiger partial charge >= 0.3 is 0 Å². The summed E-state index contributed by atoms with van der Waals surface area (Å²) in [6.45, 7) is 2.91. The van der Waals surface area contributed by atoms with Crippen molar-refractivity contribution in [2.24, 2.45) is 0 Å². The van der Waals surface area contributed by atoms with E-state index in [4.69, 9.17) is 0 Å². The number of carbonyl (C=O) groups is 2. The van der Waals surface area contributed by atoms with Crippen molar-refractivity contribution in [3.05, 3.63) is 59.0 Å². The quantitative estimate of drug-likeness (QED) is 0.367. The summed E-state index contributed by atoms with van der Waals surface area (Å²) in [6.07, 6.45) is 1.44. The number of nitrogens with one attached hydrogen (secondary N) is 1. The third-order valence-electron chi connectivity index (χ3n) is 5.15. The molecule has 0 aliphatic carbocycles. The number of imide groups is 1. The lowest BCUT2D eigenvalue weighted by Gasteiger charge is -2.21. The van der Waals surface area contributed by atoms with Crippen LogP contribution in [0.2, 0.25) is 0 Å². The van der Waals surface area contributed by atoms with Crippen LogP contribution in [-0.2, 0) is 17.9 Å². The molecule has 0 fully saturated rings. The van der Waals surface area contributed by atoms with E-state index in [1.54, 1.807) is 20.0 Å². The summed E-state index contributed by atoms with van der Waals surface area (Å²) < 4.78 is 1.54. The second kappa shape index (κ2) is 8.88. The number of phenols is 4. The highest BCUT2D eigenvalue weighted by molar-refractivity contribution is 6.05. The number of hydrogen-bond donors (Lipinski definition) is 5. The fourth-order valence-electron chi connectivity index (χ4n) is 3.30. The van der Waals surface area contributed by atoms with Gasteiger partial charge in [-0.1, -0.05) is 12.1 Å². The topological polar surface area (TPSA) is 148 Å². The monoisotopic (exact) mass is 440 g/mol. The Hall–Kier alpha value is -4.21. The Bertz CT molecular complexity index is 1190. The van der Waals surface area contributed by atoms with Crippen LogP contribution in [0.1, 0.15) is 34.1 Å². The van der Waals surface area contributed by atoms with Crippen LogP contribution in [0.5, 0.6) is 23.0 Å². The Morgan fingerprint density at radius 2 is 1.75 bits per heavy atom. The van der Waals surface area contributed by atoms with Gasteiger partial charge in [0.1, 0.15) is 0 Å². The lowest BCUT2D eigenvalue weighted by Crippen LogP contribution is -2.36. The van der Waals surface area contributed by atoms with E-state index in [2.05, 4.69) is 10.3 Å². The number of carbonyl (C=O) groups excluding carboxylic acids is 2. The van der Waals surface area contributed by atoms with E-state index < -0.39 is 11.8 Å². The highest BCUT2D eigenvalue weighted by Crippen LogP contribution is 2.31. The fourth-order valence-corrected chi connectivity index (χ4v) is 3.30. The number of aromatic hydroxyl groups is 4. The summed E-state index contributed by atoms with van der Waals surface area (Å²) >= 11 is 0. The largest absolute Gasteiger partial charge is 0.504 e. The molecule has 5 N–H and O–H groups in total. The van der Waals surface area contributed by atoms with Crippen LogP contribution in [0.3, 0.4) is 0 Å². The zero-order valence-electron chi connectivity index (χ0n) is 17.8. The smallest absolute Gasteiger partial charge is 0.281 e. The van der Waals surface area contributed by atoms with Gasteiger partial charge < -0.3 is 30.3 Å². The molecule has 0 saturated heterocycles. The molecule has 168 valence electrons. The highest BCUT2D eigenvalue weighted by Gasteiger charge is 2.27. The molecule has 2 amide bonds. The third-order valence-corrected chi connectivity index (χ3v) is 5.15. The standard InChI is InChI=1S/C22H24N4O6/c1-12-15(5-7-17(29)20(12)31)10-25-11-24-21(23-3)19(25)22(32)26(13(2)27)9-14-4-6-16(28)18(30)8-14/h4-8,11,23,28-31H,9-10H2,1-3H3. The molecule has 0 unspecified atom stereocenters. The summed E-state index contributed by atoms with van der Waals surface area (Å²) in [6, 6.07) is 7.03. The Labute approximate surface area is 184 Å². The van der Waals surface area contributed by atoms with Crippen molar-refractivity contribution in [3.8, 4) is 23.0 Å². The van der Waals surface area contributed by atoms with Crippen LogP contribution < -0.4 is 5.32 Å². The summed E-state index contributed by atoms with van der Waals surface area (Å²) in [4.78, 5) is 30.9. The van der Waals surface area contributed by atoms with Gasteiger partial charge in [-0.2, -0.15) is 0 Å². The minimum atomic E-state index is -0.618. The molecule has 10 nitrogen and oxygen atoms in total. The molecule has 2 aromatic carbocycles. The number of hydrogen-bond acceptors (Lipinski definition) is 8. The summed E-state index contributed by atoms with van der Waals surface area (Å²) in [5.41, 5.74) is 1.66. The molecule has 1 heterocycles. The number of amides is 2. The Morgan fingerprint density at radius 3 is 2.38 bits per heavy atom. The first kappa shape index (κ1) is 22.5. The van der Waals surface area contributed by atoms with Crippen molar-refractivity contribution in [3.63, 3.8) is 0 Å². The molecule has 1 aromatic heterocycles. The maximum absolute atomic E-state index is 13.4. The first-order valence-electron chi connectivity index (χ1n) is 9.70. The number of aromatic nitrogens is 2. The molecule has 32 heavy (non-hydrogen) atoms. The number of rotatable bonds is 6. The minimum absolute atomic E-state index is 0.123. The van der Waals surface area contributed by atoms with Gasteiger partial charge in [-0.05, 0) is 41.8 Å². The third kappa shape index (κ3) is 4.29. The average molecular weight is 440 g/mol. The van der Waals surface area contributed by atoms with E-state index in [0.717, 1.165) is 4.90 Å². The molecular formula is C22H24N4O6. The predicted octanol–water partition coefficient (Wildman–Crippen LogP) is 2.29. The maximum atomic E-state index is 13.4. The molecule has 0 radical (unpaired) electrons. The van der Waals surface area contributed by atoms with Crippen molar-refractivity contribution in [1.29, 1.82) is 0 Å². The average Bonchev–Trinajstić information content (AvgIpc) is 3.16. The SMILES string of the molecule is CNc1ncn(Cc2ccc(O)c(O)c2C)c1C(=O)N(Cc1ccc(O)c(O)c1)C(C)=O. The van der Waals surface area contributed by atoms with Crippen molar-refractivity contribution < 1.29 is 30.0 Å². The van der Waals surface area contributed by atoms with E-state index in [1.807, 2.05) is 0 Å². The van der Waals surface area contributed by atoms with Gasteiger partial charge in [-0.15, -0.1) is 0 Å². The molecular weight excluding hydrogens is 416 g/mol. The summed E-state index contributed by atoms with van der Waals surface area (Å²) in [5, 5.41) is 41.8. The number of anilines is 1. The summed E-state index contributed by atoms with van der Waals surface area (Å²) in [7, 11) is 1.59. The van der Waals surface area contributed by atoms with Gasteiger partial charge in [0.15, 0.2) is 34.5 Å². The second-order valence-electron chi connectivity index (χ2n) is 7.27. The Balaban J connectivity index is 1.98. The molecule has 0 saturated carbocycles. The predicted molar refractivity (Wildman–Crippen MR) is 116 cm³/mol. The van der Waals surface area contributed by atoms with E-state index in [0.29, 0.717) is 16.7 Å². The molecule has 3 aromatic rings. The lowest BCUT2D eigenvalue weighted by molar-refractivity contribution is -0.126. The van der Waals surface area contributed by atoms with Crippen molar-refractivity contribution in [2.75, 3.05) is 12.4 Å². The Morgan fingerprint density at radius 1 is 1.06 bits per heavy atom. The first-order valence-corrected chi connectivity index (χ1v) is 9.70. The van der Waals surface area contributed by atoms with E-state index in [1.165, 1.54) is 42.1 Å². The highest BCUT2D eigenvalue weighted by atomic mass is 16.3. The number of imidazole rings is 1. The van der Waals surface area contributed by atoms with Crippen LogP contribution in [0, 0.1) is 6.92 Å². The van der Waals surface area contributed by atoms with Gasteiger partial charge in [0, 0.05) is 20.5 Å². The first-order chi connectivity index (χ1) is 15.1. The van der Waals surface area contributed by atoms with Crippen molar-refractivity contribution >= 4 is 17.6 Å². The van der Waals surface area contributed by atoms with Crippen LogP contribution in [0.15, 0.2) is 36.7 Å². The van der Waals surface area contributed by atoms with Crippen LogP contribution in [0.4, 0.5) is 5.82 Å². The summed E-state index contributed by atoms with van der Waals surface area (Å²) in [5.74, 6) is -2.04. The van der Waals surface area contributed by atoms with E-state index >= 15 is 0 Å². The lowest BCUT2D eigenvalue weighted by atomic mass is 10.1. The van der Waals surface area contributed by atoms with E-state index in [9.17, 15) is 30.0 Å². The number of phenolic OH excluding ortho intramolecular Hbond substituents is 4. The number of nitrogens with zero attached hydrogens (tertiary/aromatic N) is 3. The zero-order valence-corrected chi connectivity index (χ0v) is 17.8. The molecule has 0 aliphatic heterocycles. The van der Waals surface area contributed by atoms with Crippen LogP contribution in [0.25, 0.3) is 0 Å². The number of benzene rings is 2. The van der Waals surface area contributed by atoms with Crippen LogP contribution in [-0.4, -0.2) is 53.7 Å². The fraction of sp³-hybridized carbons (Fsp3) is 0.227.